The highest BCUT2D eigenvalue weighted by atomic mass is 15.2. The van der Waals surface area contributed by atoms with E-state index in [-0.39, 0.29) is 0 Å². The summed E-state index contributed by atoms with van der Waals surface area (Å²) in [6.45, 7) is 0.546. The van der Waals surface area contributed by atoms with Crippen molar-refractivity contribution in [1.82, 2.24) is 30.1 Å². The first-order valence-electron chi connectivity index (χ1n) is 6.87. The number of rotatable bonds is 4. The lowest BCUT2D eigenvalue weighted by atomic mass is 10.2. The number of aromatic amines is 2. The highest BCUT2D eigenvalue weighted by Crippen LogP contribution is 2.18. The van der Waals surface area contributed by atoms with Crippen molar-refractivity contribution >= 4 is 16.9 Å². The summed E-state index contributed by atoms with van der Waals surface area (Å²) in [5.74, 6) is 1.57. The molecule has 0 saturated carbocycles. The predicted molar refractivity (Wildman–Crippen MR) is 83.0 cm³/mol. The number of H-pyrrole nitrogens is 2. The van der Waals surface area contributed by atoms with Crippen LogP contribution >= 0.6 is 0 Å². The monoisotopic (exact) mass is 291 g/mol. The summed E-state index contributed by atoms with van der Waals surface area (Å²) in [6, 6.07) is 10.1. The normalized spacial score (nSPS) is 10.9. The summed E-state index contributed by atoms with van der Waals surface area (Å²) in [4.78, 5) is 16.0. The summed E-state index contributed by atoms with van der Waals surface area (Å²) in [7, 11) is 0. The minimum atomic E-state index is 0.546. The summed E-state index contributed by atoms with van der Waals surface area (Å²) in [5, 5.41) is 10.9. The molecule has 3 N–H and O–H groups in total. The molecule has 0 aliphatic rings. The molecule has 1 aromatic carbocycles. The summed E-state index contributed by atoms with van der Waals surface area (Å²) in [6.07, 6.45) is 5.04. The van der Waals surface area contributed by atoms with Gasteiger partial charge in [-0.05, 0) is 5.56 Å². The molecule has 3 aromatic heterocycles. The molecular weight excluding hydrogens is 278 g/mol. The zero-order chi connectivity index (χ0) is 14.8. The third-order valence-electron chi connectivity index (χ3n) is 3.38. The lowest BCUT2D eigenvalue weighted by Gasteiger charge is -2.03. The number of nitrogens with one attached hydrogen (secondary N) is 3. The van der Waals surface area contributed by atoms with Crippen LogP contribution in [0.15, 0.2) is 49.1 Å². The fourth-order valence-corrected chi connectivity index (χ4v) is 2.29. The first-order chi connectivity index (χ1) is 10.9. The van der Waals surface area contributed by atoms with E-state index in [1.165, 1.54) is 6.33 Å². The SMILES string of the molecule is c1ccc(-c2cnc(CNc3ncnc4[nH]ncc34)[nH]2)cc1. The van der Waals surface area contributed by atoms with E-state index in [9.17, 15) is 0 Å². The maximum absolute atomic E-state index is 4.39. The van der Waals surface area contributed by atoms with E-state index in [4.69, 9.17) is 0 Å². The Kier molecular flexibility index (Phi) is 3.01. The van der Waals surface area contributed by atoms with Gasteiger partial charge in [-0.15, -0.1) is 0 Å². The Hall–Kier alpha value is -3.22. The number of hydrogen-bond donors (Lipinski definition) is 3. The number of benzene rings is 1. The molecule has 0 spiro atoms. The van der Waals surface area contributed by atoms with Crippen molar-refractivity contribution in [3.63, 3.8) is 0 Å². The molecule has 0 atom stereocenters. The molecular formula is C15H13N7. The van der Waals surface area contributed by atoms with Gasteiger partial charge in [-0.25, -0.2) is 15.0 Å². The number of nitrogens with zero attached hydrogens (tertiary/aromatic N) is 4. The van der Waals surface area contributed by atoms with E-state index < -0.39 is 0 Å². The molecule has 108 valence electrons. The van der Waals surface area contributed by atoms with Crippen LogP contribution in [0.2, 0.25) is 0 Å². The standard InChI is InChI=1S/C15H13N7/c1-2-4-10(5-3-1)12-7-16-13(21-12)8-17-14-11-6-20-22-15(11)19-9-18-14/h1-7,9H,8H2,(H,16,21)(H2,17,18,19,20,22). The van der Waals surface area contributed by atoms with E-state index in [1.54, 1.807) is 6.20 Å². The van der Waals surface area contributed by atoms with Crippen molar-refractivity contribution in [2.24, 2.45) is 0 Å². The van der Waals surface area contributed by atoms with E-state index in [0.717, 1.165) is 28.3 Å². The van der Waals surface area contributed by atoms with Crippen molar-refractivity contribution in [1.29, 1.82) is 0 Å². The molecule has 0 unspecified atom stereocenters. The van der Waals surface area contributed by atoms with Gasteiger partial charge in [-0.3, -0.25) is 5.10 Å². The van der Waals surface area contributed by atoms with Crippen LogP contribution in [0.4, 0.5) is 5.82 Å². The molecule has 0 bridgehead atoms. The quantitative estimate of drug-likeness (QED) is 0.536. The Morgan fingerprint density at radius 2 is 1.91 bits per heavy atom. The average molecular weight is 291 g/mol. The third kappa shape index (κ3) is 2.28. The van der Waals surface area contributed by atoms with Crippen molar-refractivity contribution in [2.45, 2.75) is 6.54 Å². The average Bonchev–Trinajstić information content (AvgIpc) is 3.23. The van der Waals surface area contributed by atoms with Crippen LogP contribution in [-0.4, -0.2) is 30.1 Å². The van der Waals surface area contributed by atoms with Gasteiger partial charge in [-0.1, -0.05) is 30.3 Å². The second-order valence-electron chi connectivity index (χ2n) is 4.82. The molecule has 22 heavy (non-hydrogen) atoms. The van der Waals surface area contributed by atoms with Crippen molar-refractivity contribution in [3.05, 3.63) is 54.9 Å². The van der Waals surface area contributed by atoms with Crippen LogP contribution in [-0.2, 0) is 6.54 Å². The van der Waals surface area contributed by atoms with Crippen molar-refractivity contribution < 1.29 is 0 Å². The smallest absolute Gasteiger partial charge is 0.160 e. The maximum atomic E-state index is 4.39. The van der Waals surface area contributed by atoms with Gasteiger partial charge in [0.1, 0.15) is 18.0 Å². The number of anilines is 1. The number of aromatic nitrogens is 6. The Morgan fingerprint density at radius 1 is 1.00 bits per heavy atom. The molecule has 0 amide bonds. The van der Waals surface area contributed by atoms with E-state index in [0.29, 0.717) is 12.2 Å². The molecule has 0 radical (unpaired) electrons. The number of hydrogen-bond acceptors (Lipinski definition) is 5. The van der Waals surface area contributed by atoms with Gasteiger partial charge >= 0.3 is 0 Å². The largest absolute Gasteiger partial charge is 0.362 e. The summed E-state index contributed by atoms with van der Waals surface area (Å²) < 4.78 is 0. The lowest BCUT2D eigenvalue weighted by molar-refractivity contribution is 0.988. The topological polar surface area (TPSA) is 95.2 Å². The molecule has 0 aliphatic heterocycles. The van der Waals surface area contributed by atoms with Crippen LogP contribution < -0.4 is 5.32 Å². The molecule has 4 aromatic rings. The molecule has 0 saturated heterocycles. The maximum Gasteiger partial charge on any atom is 0.160 e. The van der Waals surface area contributed by atoms with E-state index in [2.05, 4.69) is 35.5 Å². The van der Waals surface area contributed by atoms with E-state index in [1.807, 2.05) is 36.5 Å². The van der Waals surface area contributed by atoms with E-state index >= 15 is 0 Å². The molecule has 7 heteroatoms. The van der Waals surface area contributed by atoms with Crippen molar-refractivity contribution in [2.75, 3.05) is 5.32 Å². The van der Waals surface area contributed by atoms with Gasteiger partial charge in [0.25, 0.3) is 0 Å². The van der Waals surface area contributed by atoms with Crippen LogP contribution in [0.5, 0.6) is 0 Å². The van der Waals surface area contributed by atoms with Gasteiger partial charge in [-0.2, -0.15) is 5.10 Å². The van der Waals surface area contributed by atoms with Gasteiger partial charge in [0, 0.05) is 0 Å². The Morgan fingerprint density at radius 3 is 2.82 bits per heavy atom. The molecule has 3 heterocycles. The lowest BCUT2D eigenvalue weighted by Crippen LogP contribution is -2.03. The zero-order valence-electron chi connectivity index (χ0n) is 11.6. The molecule has 0 aliphatic carbocycles. The first kappa shape index (κ1) is 12.5. The minimum Gasteiger partial charge on any atom is -0.362 e. The molecule has 0 fully saturated rings. The summed E-state index contributed by atoms with van der Waals surface area (Å²) in [5.41, 5.74) is 2.82. The Labute approximate surface area is 125 Å². The fraction of sp³-hybridized carbons (Fsp3) is 0.0667. The Bertz CT molecular complexity index is 894. The van der Waals surface area contributed by atoms with Crippen molar-refractivity contribution in [3.8, 4) is 11.3 Å². The highest BCUT2D eigenvalue weighted by molar-refractivity contribution is 5.85. The van der Waals surface area contributed by atoms with Gasteiger partial charge in [0.15, 0.2) is 5.65 Å². The highest BCUT2D eigenvalue weighted by Gasteiger charge is 2.07. The zero-order valence-corrected chi connectivity index (χ0v) is 11.6. The minimum absolute atomic E-state index is 0.546. The second kappa shape index (κ2) is 5.28. The molecule has 4 rings (SSSR count). The van der Waals surface area contributed by atoms with Crippen LogP contribution in [0.1, 0.15) is 5.82 Å². The number of fused-ring (bicyclic) bond motifs is 1. The van der Waals surface area contributed by atoms with Crippen LogP contribution in [0, 0.1) is 0 Å². The third-order valence-corrected chi connectivity index (χ3v) is 3.38. The second-order valence-corrected chi connectivity index (χ2v) is 4.82. The molecule has 7 nitrogen and oxygen atoms in total. The van der Waals surface area contributed by atoms with Crippen LogP contribution in [0.25, 0.3) is 22.3 Å². The fourth-order valence-electron chi connectivity index (χ4n) is 2.29. The Balaban J connectivity index is 1.53. The first-order valence-corrected chi connectivity index (χ1v) is 6.87. The summed E-state index contributed by atoms with van der Waals surface area (Å²) >= 11 is 0. The van der Waals surface area contributed by atoms with Crippen LogP contribution in [0.3, 0.4) is 0 Å². The van der Waals surface area contributed by atoms with Gasteiger partial charge < -0.3 is 10.3 Å². The van der Waals surface area contributed by atoms with Gasteiger partial charge in [0.05, 0.1) is 30.0 Å². The van der Waals surface area contributed by atoms with Gasteiger partial charge in [0.2, 0.25) is 0 Å². The number of imidazole rings is 1. The predicted octanol–water partition coefficient (Wildman–Crippen LogP) is 2.36.